The number of benzene rings is 2. The molecule has 1 N–H and O–H groups in total. The van der Waals surface area contributed by atoms with Crippen LogP contribution in [0.3, 0.4) is 0 Å². The molecule has 2 rings (SSSR count). The highest BCUT2D eigenvalue weighted by molar-refractivity contribution is 7.54. The van der Waals surface area contributed by atoms with Crippen LogP contribution in [0.25, 0.3) is 0 Å². The van der Waals surface area contributed by atoms with E-state index in [1.165, 1.54) is 35.5 Å². The van der Waals surface area contributed by atoms with E-state index in [2.05, 4.69) is 5.32 Å². The molecule has 26 heavy (non-hydrogen) atoms. The number of hydrogen-bond acceptors (Lipinski definition) is 7. The van der Waals surface area contributed by atoms with Gasteiger partial charge in [-0.25, -0.2) is 0 Å². The predicted octanol–water partition coefficient (Wildman–Crippen LogP) is 4.31. The molecule has 0 radical (unpaired) electrons. The van der Waals surface area contributed by atoms with Gasteiger partial charge in [-0.1, -0.05) is 30.3 Å². The molecule has 0 aliphatic carbocycles. The fourth-order valence-corrected chi connectivity index (χ4v) is 4.00. The van der Waals surface area contributed by atoms with Crippen LogP contribution < -0.4 is 19.5 Å². The van der Waals surface area contributed by atoms with E-state index in [-0.39, 0.29) is 0 Å². The molecule has 0 fully saturated rings. The SMILES string of the molecule is COc1cc(NC(c2ccccc2)P(=O)(OC)OC)cc(OC)c1OC. The van der Waals surface area contributed by atoms with Crippen molar-refractivity contribution in [3.05, 3.63) is 48.0 Å². The fourth-order valence-electron chi connectivity index (χ4n) is 2.59. The molecular weight excluding hydrogens is 357 g/mol. The van der Waals surface area contributed by atoms with Crippen molar-refractivity contribution in [2.45, 2.75) is 5.78 Å². The Balaban J connectivity index is 2.51. The van der Waals surface area contributed by atoms with Gasteiger partial charge in [0.1, 0.15) is 0 Å². The molecule has 0 aliphatic heterocycles. The first-order chi connectivity index (χ1) is 12.5. The molecule has 7 nitrogen and oxygen atoms in total. The summed E-state index contributed by atoms with van der Waals surface area (Å²) in [6.45, 7) is 0. The van der Waals surface area contributed by atoms with Crippen LogP contribution in [0.15, 0.2) is 42.5 Å². The second-order valence-electron chi connectivity index (χ2n) is 5.28. The zero-order valence-electron chi connectivity index (χ0n) is 15.5. The minimum atomic E-state index is -3.47. The third-order valence-corrected chi connectivity index (χ3v) is 5.99. The Morgan fingerprint density at radius 1 is 0.846 bits per heavy atom. The topological polar surface area (TPSA) is 75.3 Å². The van der Waals surface area contributed by atoms with Gasteiger partial charge in [0.15, 0.2) is 17.3 Å². The number of rotatable bonds is 9. The lowest BCUT2D eigenvalue weighted by Gasteiger charge is -2.27. The molecule has 0 amide bonds. The van der Waals surface area contributed by atoms with E-state index in [1.807, 2.05) is 30.3 Å². The van der Waals surface area contributed by atoms with E-state index in [0.717, 1.165) is 5.56 Å². The molecule has 2 aromatic carbocycles. The summed E-state index contributed by atoms with van der Waals surface area (Å²) in [4.78, 5) is 0. The summed E-state index contributed by atoms with van der Waals surface area (Å²) in [6.07, 6.45) is 0. The average Bonchev–Trinajstić information content (AvgIpc) is 2.71. The molecule has 1 unspecified atom stereocenters. The van der Waals surface area contributed by atoms with Crippen molar-refractivity contribution in [1.29, 1.82) is 0 Å². The van der Waals surface area contributed by atoms with Crippen molar-refractivity contribution in [3.8, 4) is 17.2 Å². The predicted molar refractivity (Wildman–Crippen MR) is 101 cm³/mol. The molecule has 0 aliphatic rings. The van der Waals surface area contributed by atoms with Crippen LogP contribution in [-0.4, -0.2) is 35.5 Å². The Morgan fingerprint density at radius 2 is 1.38 bits per heavy atom. The Morgan fingerprint density at radius 3 is 1.81 bits per heavy atom. The second-order valence-corrected chi connectivity index (χ2v) is 7.60. The lowest BCUT2D eigenvalue weighted by atomic mass is 10.2. The van der Waals surface area contributed by atoms with E-state index in [9.17, 15) is 4.57 Å². The third-order valence-electron chi connectivity index (χ3n) is 3.91. The number of nitrogens with one attached hydrogen (secondary N) is 1. The Hall–Kier alpha value is -2.21. The largest absolute Gasteiger partial charge is 0.493 e. The van der Waals surface area contributed by atoms with Crippen molar-refractivity contribution in [2.75, 3.05) is 40.9 Å². The van der Waals surface area contributed by atoms with Gasteiger partial charge in [-0.15, -0.1) is 0 Å². The molecule has 0 heterocycles. The van der Waals surface area contributed by atoms with Crippen LogP contribution in [0.5, 0.6) is 17.2 Å². The van der Waals surface area contributed by atoms with E-state index in [1.54, 1.807) is 12.1 Å². The molecule has 0 bridgehead atoms. The summed E-state index contributed by atoms with van der Waals surface area (Å²) < 4.78 is 39.6. The molecule has 142 valence electrons. The van der Waals surface area contributed by atoms with Gasteiger partial charge in [0.2, 0.25) is 5.75 Å². The Labute approximate surface area is 153 Å². The molecule has 2 aromatic rings. The minimum absolute atomic E-state index is 0.471. The van der Waals surface area contributed by atoms with Crippen molar-refractivity contribution < 1.29 is 27.8 Å². The van der Waals surface area contributed by atoms with Crippen LogP contribution in [-0.2, 0) is 13.6 Å². The fraction of sp³-hybridized carbons (Fsp3) is 0.333. The zero-order valence-corrected chi connectivity index (χ0v) is 16.4. The van der Waals surface area contributed by atoms with E-state index >= 15 is 0 Å². The average molecular weight is 381 g/mol. The summed E-state index contributed by atoms with van der Waals surface area (Å²) in [5.74, 6) is 0.705. The van der Waals surface area contributed by atoms with E-state index in [0.29, 0.717) is 22.9 Å². The summed E-state index contributed by atoms with van der Waals surface area (Å²) in [7, 11) is 3.85. The van der Waals surface area contributed by atoms with Crippen LogP contribution in [0.1, 0.15) is 11.3 Å². The van der Waals surface area contributed by atoms with Crippen LogP contribution in [0.4, 0.5) is 5.69 Å². The van der Waals surface area contributed by atoms with Gasteiger partial charge in [0.25, 0.3) is 0 Å². The van der Waals surface area contributed by atoms with Crippen LogP contribution >= 0.6 is 7.60 Å². The van der Waals surface area contributed by atoms with Gasteiger partial charge >= 0.3 is 7.60 Å². The first kappa shape index (κ1) is 20.1. The molecule has 0 saturated heterocycles. The molecule has 0 saturated carbocycles. The highest BCUT2D eigenvalue weighted by atomic mass is 31.2. The molecule has 8 heteroatoms. The van der Waals surface area contributed by atoms with E-state index in [4.69, 9.17) is 23.3 Å². The van der Waals surface area contributed by atoms with Gasteiger partial charge in [-0.2, -0.15) is 0 Å². The lowest BCUT2D eigenvalue weighted by molar-refractivity contribution is 0.268. The maximum absolute atomic E-state index is 13.1. The first-order valence-electron chi connectivity index (χ1n) is 7.85. The van der Waals surface area contributed by atoms with Crippen LogP contribution in [0.2, 0.25) is 0 Å². The van der Waals surface area contributed by atoms with Crippen LogP contribution in [0, 0.1) is 0 Å². The number of methoxy groups -OCH3 is 3. The molecular formula is C18H24NO6P. The molecule has 1 atom stereocenters. The van der Waals surface area contributed by atoms with Crippen molar-refractivity contribution in [3.63, 3.8) is 0 Å². The Bertz CT molecular complexity index is 735. The van der Waals surface area contributed by atoms with Gasteiger partial charge in [0, 0.05) is 32.0 Å². The summed E-state index contributed by atoms with van der Waals surface area (Å²) in [6, 6.07) is 12.7. The second kappa shape index (κ2) is 8.94. The van der Waals surface area contributed by atoms with Gasteiger partial charge in [-0.3, -0.25) is 4.57 Å². The zero-order chi connectivity index (χ0) is 19.2. The minimum Gasteiger partial charge on any atom is -0.493 e. The van der Waals surface area contributed by atoms with Crippen molar-refractivity contribution >= 4 is 13.3 Å². The molecule has 0 spiro atoms. The smallest absolute Gasteiger partial charge is 0.356 e. The number of hydrogen-bond donors (Lipinski definition) is 1. The lowest BCUT2D eigenvalue weighted by Crippen LogP contribution is -2.14. The normalized spacial score (nSPS) is 12.3. The standard InChI is InChI=1S/C18H24NO6P/c1-21-15-11-14(12-16(22-2)17(15)23-3)19-18(26(20,24-4)25-5)13-9-7-6-8-10-13/h6-12,18-19H,1-5H3. The monoisotopic (exact) mass is 381 g/mol. The first-order valence-corrected chi connectivity index (χ1v) is 9.46. The highest BCUT2D eigenvalue weighted by Gasteiger charge is 2.35. The summed E-state index contributed by atoms with van der Waals surface area (Å²) in [5.41, 5.74) is 1.37. The maximum atomic E-state index is 13.1. The third kappa shape index (κ3) is 4.12. The van der Waals surface area contributed by atoms with Crippen molar-refractivity contribution in [2.24, 2.45) is 0 Å². The number of ether oxygens (including phenoxy) is 3. The van der Waals surface area contributed by atoms with E-state index < -0.39 is 13.4 Å². The van der Waals surface area contributed by atoms with Gasteiger partial charge in [0.05, 0.1) is 21.3 Å². The van der Waals surface area contributed by atoms with Gasteiger partial charge < -0.3 is 28.6 Å². The quantitative estimate of drug-likeness (QED) is 0.649. The summed E-state index contributed by atoms with van der Waals surface area (Å²) in [5, 5.41) is 3.21. The maximum Gasteiger partial charge on any atom is 0.356 e. The number of anilines is 1. The highest BCUT2D eigenvalue weighted by Crippen LogP contribution is 2.60. The van der Waals surface area contributed by atoms with Gasteiger partial charge in [-0.05, 0) is 5.56 Å². The Kier molecular flexibility index (Phi) is 6.91. The van der Waals surface area contributed by atoms with Crippen molar-refractivity contribution in [1.82, 2.24) is 0 Å². The summed E-state index contributed by atoms with van der Waals surface area (Å²) >= 11 is 0. The molecule has 0 aromatic heterocycles.